The van der Waals surface area contributed by atoms with Crippen LogP contribution in [0.25, 0.3) is 11.1 Å². The van der Waals surface area contributed by atoms with Gasteiger partial charge in [0.1, 0.15) is 0 Å². The summed E-state index contributed by atoms with van der Waals surface area (Å²) in [4.78, 5) is 9.55. The van der Waals surface area contributed by atoms with Gasteiger partial charge in [0.25, 0.3) is 0 Å². The van der Waals surface area contributed by atoms with Gasteiger partial charge in [0.15, 0.2) is 0 Å². The Labute approximate surface area is 316 Å². The van der Waals surface area contributed by atoms with Crippen LogP contribution in [0.1, 0.15) is 194 Å². The summed E-state index contributed by atoms with van der Waals surface area (Å²) in [5.74, 6) is 0.253. The average molecular weight is 694 g/mol. The van der Waals surface area contributed by atoms with Crippen molar-refractivity contribution in [3.05, 3.63) is 59.1 Å². The highest BCUT2D eigenvalue weighted by molar-refractivity contribution is 5.73. The number of hydrogen-bond acceptors (Lipinski definition) is 6. The summed E-state index contributed by atoms with van der Waals surface area (Å²) in [5, 5.41) is 0. The van der Waals surface area contributed by atoms with Gasteiger partial charge < -0.3 is 20.9 Å². The van der Waals surface area contributed by atoms with E-state index in [0.717, 1.165) is 37.1 Å². The molecule has 0 spiro atoms. The normalized spacial score (nSPS) is 34.9. The number of nitrogen functional groups attached to an aromatic ring is 2. The summed E-state index contributed by atoms with van der Waals surface area (Å²) in [6.07, 6.45) is -3.88. The largest absolute Gasteiger partial charge is 0.397 e. The minimum atomic E-state index is -2.13. The fourth-order valence-electron chi connectivity index (χ4n) is 8.00. The molecule has 0 saturated carbocycles. The van der Waals surface area contributed by atoms with E-state index in [4.69, 9.17) is 43.2 Å². The third kappa shape index (κ3) is 9.79. The molecule has 2 saturated heterocycles. The second-order valence-electron chi connectivity index (χ2n) is 18.6. The Morgan fingerprint density at radius 1 is 0.600 bits per heavy atom. The molecule has 0 bridgehead atoms. The molecule has 3 atom stereocenters. The van der Waals surface area contributed by atoms with Gasteiger partial charge in [0, 0.05) is 32.8 Å². The Kier molecular flexibility index (Phi) is 7.64. The fraction of sp³-hybridized carbons (Fsp3) is 0.682. The van der Waals surface area contributed by atoms with Crippen molar-refractivity contribution in [2.24, 2.45) is 10.8 Å². The topological polar surface area (TPSA) is 96.3 Å². The molecule has 6 rings (SSSR count). The summed E-state index contributed by atoms with van der Waals surface area (Å²) < 4.78 is 89.5. The zero-order valence-electron chi connectivity index (χ0n) is 41.6. The molecular formula is C44H68N4O2. The molecule has 6 nitrogen and oxygen atoms in total. The Morgan fingerprint density at radius 3 is 1.40 bits per heavy atom. The van der Waals surface area contributed by atoms with Crippen molar-refractivity contribution in [1.29, 1.82) is 0 Å². The first kappa shape index (κ1) is 27.9. The lowest BCUT2D eigenvalue weighted by atomic mass is 9.77. The van der Waals surface area contributed by atoms with E-state index in [1.807, 2.05) is 26.0 Å². The van der Waals surface area contributed by atoms with Crippen LogP contribution in [0.2, 0.25) is 0 Å². The van der Waals surface area contributed by atoms with Crippen molar-refractivity contribution in [3.8, 4) is 0 Å². The first-order valence-corrected chi connectivity index (χ1v) is 18.2. The van der Waals surface area contributed by atoms with Gasteiger partial charge in [0.05, 0.1) is 47.9 Å². The summed E-state index contributed by atoms with van der Waals surface area (Å²) in [5.41, 5.74) is 12.5. The van der Waals surface area contributed by atoms with Crippen LogP contribution in [-0.2, 0) is 9.47 Å². The molecule has 4 heterocycles. The van der Waals surface area contributed by atoms with E-state index in [2.05, 4.69) is 55.4 Å². The number of pyridine rings is 2. The van der Waals surface area contributed by atoms with Gasteiger partial charge in [-0.3, -0.25) is 9.97 Å². The van der Waals surface area contributed by atoms with Crippen LogP contribution >= 0.6 is 0 Å². The summed E-state index contributed by atoms with van der Waals surface area (Å²) in [6, 6.07) is 7.30. The van der Waals surface area contributed by atoms with Crippen molar-refractivity contribution in [2.45, 2.75) is 181 Å². The second-order valence-corrected chi connectivity index (χ2v) is 18.6. The standard InChI is InChI=1S/2C22H34N2O/c2*1-20(2)11-9-15(10-12-20)19-17(23)7-8-18(24-19)16-13-21(3,4)25-22(5,6)14-16/h2*7-9,16H,10-14,23H2,1-6H3/i9D,10D2,11D,12D;9D,10D2,12D. The number of ether oxygens (including phenoxy) is 2. The fourth-order valence-corrected chi connectivity index (χ4v) is 8.00. The zero-order valence-corrected chi connectivity index (χ0v) is 32.6. The summed E-state index contributed by atoms with van der Waals surface area (Å²) >= 11 is 0. The number of aromatic nitrogens is 2. The van der Waals surface area contributed by atoms with Crippen LogP contribution < -0.4 is 11.5 Å². The Hall–Kier alpha value is -2.70. The highest BCUT2D eigenvalue weighted by Crippen LogP contribution is 2.46. The zero-order chi connectivity index (χ0) is 44.9. The predicted octanol–water partition coefficient (Wildman–Crippen LogP) is 11.4. The summed E-state index contributed by atoms with van der Waals surface area (Å²) in [6.45, 7) is 23.6. The van der Waals surface area contributed by atoms with E-state index in [0.29, 0.717) is 17.8 Å². The van der Waals surface area contributed by atoms with E-state index in [1.54, 1.807) is 26.0 Å². The van der Waals surface area contributed by atoms with Crippen LogP contribution in [0.15, 0.2) is 36.4 Å². The molecule has 0 radical (unpaired) electrons. The van der Waals surface area contributed by atoms with Crippen molar-refractivity contribution in [2.75, 3.05) is 11.5 Å². The maximum absolute atomic E-state index is 8.64. The Morgan fingerprint density at radius 2 is 0.980 bits per heavy atom. The molecule has 276 valence electrons. The van der Waals surface area contributed by atoms with Gasteiger partial charge in [-0.25, -0.2) is 0 Å². The minimum absolute atomic E-state index is 0.0215. The van der Waals surface area contributed by atoms with Gasteiger partial charge in [-0.1, -0.05) is 39.8 Å². The first-order chi connectivity index (χ1) is 26.6. The maximum Gasteiger partial charge on any atom is 0.0891 e. The van der Waals surface area contributed by atoms with Crippen LogP contribution in [0.5, 0.6) is 0 Å². The third-order valence-corrected chi connectivity index (χ3v) is 9.77. The second kappa shape index (κ2) is 13.7. The smallest absolute Gasteiger partial charge is 0.0891 e. The first-order valence-electron chi connectivity index (χ1n) is 22.9. The molecular weight excluding hydrogens is 617 g/mol. The highest BCUT2D eigenvalue weighted by Gasteiger charge is 2.42. The molecule has 2 aliphatic carbocycles. The van der Waals surface area contributed by atoms with E-state index < -0.39 is 42.8 Å². The molecule has 0 aromatic carbocycles. The van der Waals surface area contributed by atoms with Crippen LogP contribution in [-0.4, -0.2) is 32.4 Å². The monoisotopic (exact) mass is 694 g/mol. The number of allylic oxidation sites excluding steroid dienone is 4. The number of nitrogens with two attached hydrogens (primary N) is 2. The lowest BCUT2D eigenvalue weighted by Gasteiger charge is -2.45. The Bertz CT molecular complexity index is 1970. The van der Waals surface area contributed by atoms with Crippen molar-refractivity contribution < 1.29 is 21.8 Å². The molecule has 4 N–H and O–H groups in total. The van der Waals surface area contributed by atoms with Gasteiger partial charge in [-0.2, -0.15) is 0 Å². The number of rotatable bonds is 4. The molecule has 2 aromatic rings. The van der Waals surface area contributed by atoms with Gasteiger partial charge in [0.2, 0.25) is 0 Å². The van der Waals surface area contributed by atoms with Crippen LogP contribution in [0.4, 0.5) is 11.4 Å². The quantitative estimate of drug-likeness (QED) is 0.331. The van der Waals surface area contributed by atoms with Crippen molar-refractivity contribution in [1.82, 2.24) is 9.97 Å². The number of nitrogens with zero attached hydrogens (tertiary/aromatic N) is 2. The van der Waals surface area contributed by atoms with Gasteiger partial charge in [-0.05, 0) is 166 Å². The predicted molar refractivity (Wildman–Crippen MR) is 211 cm³/mol. The Balaban J connectivity index is 0.000000224. The lowest BCUT2D eigenvalue weighted by molar-refractivity contribution is -0.162. The molecule has 4 aliphatic rings. The third-order valence-electron chi connectivity index (χ3n) is 9.77. The van der Waals surface area contributed by atoms with Gasteiger partial charge >= 0.3 is 0 Å². The highest BCUT2D eigenvalue weighted by atomic mass is 16.5. The summed E-state index contributed by atoms with van der Waals surface area (Å²) in [7, 11) is 0. The number of anilines is 2. The van der Waals surface area contributed by atoms with E-state index in [1.165, 1.54) is 0 Å². The minimum Gasteiger partial charge on any atom is -0.397 e. The lowest BCUT2D eigenvalue weighted by Crippen LogP contribution is -2.44. The molecule has 2 aliphatic heterocycles. The molecule has 0 amide bonds. The molecule has 3 unspecified atom stereocenters. The average Bonchev–Trinajstić information content (AvgIpc) is 3.05. The van der Waals surface area contributed by atoms with E-state index in [9.17, 15) is 0 Å². The maximum atomic E-state index is 8.64. The van der Waals surface area contributed by atoms with Crippen LogP contribution in [0, 0.1) is 10.8 Å². The van der Waals surface area contributed by atoms with Crippen molar-refractivity contribution >= 4 is 22.5 Å². The molecule has 2 fully saturated rings. The van der Waals surface area contributed by atoms with Crippen LogP contribution in [0.3, 0.4) is 0 Å². The number of hydrogen-bond donors (Lipinski definition) is 2. The molecule has 6 heteroatoms. The van der Waals surface area contributed by atoms with Crippen molar-refractivity contribution in [3.63, 3.8) is 0 Å². The van der Waals surface area contributed by atoms with Gasteiger partial charge in [-0.15, -0.1) is 0 Å². The molecule has 50 heavy (non-hydrogen) atoms. The molecule has 2 aromatic heterocycles. The van der Waals surface area contributed by atoms with E-state index in [-0.39, 0.29) is 68.9 Å². The SMILES string of the molecule is [2H]C1=C(c2nc(C3CC(C)(C)OC(C)(C)C3)ccc2N)C([2H])([2H])C([2H])C(C)(C)C1.[2H]C1=C(c2nc(C3CC(C)(C)OC(C)(C)C3)ccc2N)C([2H])([2H])C([2H])C(C)(C)C1[2H]. The van der Waals surface area contributed by atoms with E-state index >= 15 is 0 Å².